The number of amides is 2. The molecule has 116 valence electrons. The van der Waals surface area contributed by atoms with Crippen molar-refractivity contribution in [3.63, 3.8) is 0 Å². The third-order valence-electron chi connectivity index (χ3n) is 3.15. The average molecular weight is 286 g/mol. The van der Waals surface area contributed by atoms with Gasteiger partial charge in [-0.2, -0.15) is 0 Å². The summed E-state index contributed by atoms with van der Waals surface area (Å²) < 4.78 is 10.3. The van der Waals surface area contributed by atoms with Crippen LogP contribution in [0.2, 0.25) is 0 Å². The second-order valence-corrected chi connectivity index (χ2v) is 4.89. The SMILES string of the molecule is CCCCOC(=O)N1CCCCN1C(=O)OCCCC. The zero-order valence-electron chi connectivity index (χ0n) is 12.6. The number of hydrogen-bond acceptors (Lipinski definition) is 4. The molecule has 1 saturated heterocycles. The Morgan fingerprint density at radius 2 is 1.25 bits per heavy atom. The summed E-state index contributed by atoms with van der Waals surface area (Å²) in [5, 5.41) is 2.74. The molecule has 0 spiro atoms. The summed E-state index contributed by atoms with van der Waals surface area (Å²) in [6, 6.07) is 0. The van der Waals surface area contributed by atoms with Crippen LogP contribution < -0.4 is 0 Å². The van der Waals surface area contributed by atoms with Gasteiger partial charge in [0, 0.05) is 13.1 Å². The molecular weight excluding hydrogens is 260 g/mol. The molecule has 2 amide bonds. The van der Waals surface area contributed by atoms with Crippen LogP contribution in [0.5, 0.6) is 0 Å². The fourth-order valence-corrected chi connectivity index (χ4v) is 1.90. The molecular formula is C14H26N2O4. The lowest BCUT2D eigenvalue weighted by atomic mass is 10.2. The minimum atomic E-state index is -0.453. The van der Waals surface area contributed by atoms with Crippen molar-refractivity contribution in [1.29, 1.82) is 0 Å². The van der Waals surface area contributed by atoms with Crippen molar-refractivity contribution in [2.45, 2.75) is 52.4 Å². The molecule has 20 heavy (non-hydrogen) atoms. The first-order valence-corrected chi connectivity index (χ1v) is 7.59. The lowest BCUT2D eigenvalue weighted by Gasteiger charge is -2.36. The number of unbranched alkanes of at least 4 members (excludes halogenated alkanes) is 2. The van der Waals surface area contributed by atoms with E-state index in [1.165, 1.54) is 10.0 Å². The van der Waals surface area contributed by atoms with Crippen molar-refractivity contribution in [1.82, 2.24) is 10.0 Å². The highest BCUT2D eigenvalue weighted by Crippen LogP contribution is 2.14. The molecule has 6 heteroatoms. The molecule has 0 unspecified atom stereocenters. The molecule has 0 aromatic rings. The fourth-order valence-electron chi connectivity index (χ4n) is 1.90. The number of rotatable bonds is 6. The second kappa shape index (κ2) is 9.44. The van der Waals surface area contributed by atoms with Gasteiger partial charge in [0.2, 0.25) is 0 Å². The largest absolute Gasteiger partial charge is 0.448 e. The molecule has 1 aliphatic heterocycles. The molecule has 0 aromatic carbocycles. The van der Waals surface area contributed by atoms with Crippen molar-refractivity contribution in [3.8, 4) is 0 Å². The maximum Gasteiger partial charge on any atom is 0.428 e. The molecule has 1 rings (SSSR count). The van der Waals surface area contributed by atoms with E-state index in [-0.39, 0.29) is 0 Å². The Balaban J connectivity index is 2.48. The number of hydrazine groups is 1. The van der Waals surface area contributed by atoms with Gasteiger partial charge in [-0.25, -0.2) is 19.6 Å². The van der Waals surface area contributed by atoms with Gasteiger partial charge in [0.25, 0.3) is 0 Å². The minimum absolute atomic E-state index is 0.393. The molecule has 0 bridgehead atoms. The Hall–Kier alpha value is -1.46. The quantitative estimate of drug-likeness (QED) is 0.704. The third kappa shape index (κ3) is 5.27. The lowest BCUT2D eigenvalue weighted by molar-refractivity contribution is -0.0380. The number of carbonyl (C=O) groups is 2. The van der Waals surface area contributed by atoms with Crippen molar-refractivity contribution in [2.75, 3.05) is 26.3 Å². The van der Waals surface area contributed by atoms with Crippen LogP contribution in [0.25, 0.3) is 0 Å². The molecule has 6 nitrogen and oxygen atoms in total. The number of nitrogens with zero attached hydrogens (tertiary/aromatic N) is 2. The second-order valence-electron chi connectivity index (χ2n) is 4.89. The van der Waals surface area contributed by atoms with E-state index in [9.17, 15) is 9.59 Å². The van der Waals surface area contributed by atoms with Gasteiger partial charge in [0.05, 0.1) is 13.2 Å². The van der Waals surface area contributed by atoms with Gasteiger partial charge in [0.1, 0.15) is 0 Å². The molecule has 1 heterocycles. The number of carbonyl (C=O) groups excluding carboxylic acids is 2. The van der Waals surface area contributed by atoms with E-state index in [1.54, 1.807) is 0 Å². The first-order chi connectivity index (χ1) is 9.70. The highest BCUT2D eigenvalue weighted by molar-refractivity contribution is 5.74. The Labute approximate surface area is 121 Å². The van der Waals surface area contributed by atoms with Crippen molar-refractivity contribution >= 4 is 12.2 Å². The maximum absolute atomic E-state index is 12.0. The zero-order chi connectivity index (χ0) is 14.8. The van der Waals surface area contributed by atoms with E-state index >= 15 is 0 Å². The summed E-state index contributed by atoms with van der Waals surface area (Å²) in [5.74, 6) is 0. The van der Waals surface area contributed by atoms with Crippen LogP contribution >= 0.6 is 0 Å². The molecule has 0 aliphatic carbocycles. The highest BCUT2D eigenvalue weighted by Gasteiger charge is 2.30. The van der Waals surface area contributed by atoms with Crippen LogP contribution in [-0.4, -0.2) is 48.5 Å². The average Bonchev–Trinajstić information content (AvgIpc) is 2.47. The Morgan fingerprint density at radius 3 is 1.60 bits per heavy atom. The number of hydrogen-bond donors (Lipinski definition) is 0. The molecule has 0 N–H and O–H groups in total. The van der Waals surface area contributed by atoms with Gasteiger partial charge >= 0.3 is 12.2 Å². The molecule has 1 aliphatic rings. The zero-order valence-corrected chi connectivity index (χ0v) is 12.6. The summed E-state index contributed by atoms with van der Waals surface area (Å²) in [6.45, 7) is 5.87. The predicted molar refractivity (Wildman–Crippen MR) is 75.2 cm³/mol. The normalized spacial score (nSPS) is 15.1. The standard InChI is InChI=1S/C14H26N2O4/c1-3-5-11-19-13(17)15-9-7-8-10-16(15)14(18)20-12-6-4-2/h3-12H2,1-2H3. The van der Waals surface area contributed by atoms with Crippen molar-refractivity contribution in [3.05, 3.63) is 0 Å². The first kappa shape index (κ1) is 16.6. The molecule has 0 aromatic heterocycles. The van der Waals surface area contributed by atoms with Gasteiger partial charge in [-0.15, -0.1) is 0 Å². The summed E-state index contributed by atoms with van der Waals surface area (Å²) >= 11 is 0. The van der Waals surface area contributed by atoms with Crippen LogP contribution in [0.1, 0.15) is 52.4 Å². The maximum atomic E-state index is 12.0. The van der Waals surface area contributed by atoms with Crippen molar-refractivity contribution in [2.24, 2.45) is 0 Å². The van der Waals surface area contributed by atoms with Gasteiger partial charge < -0.3 is 9.47 Å². The van der Waals surface area contributed by atoms with Crippen LogP contribution in [0.3, 0.4) is 0 Å². The Kier molecular flexibility index (Phi) is 7.84. The lowest BCUT2D eigenvalue weighted by Crippen LogP contribution is -2.53. The Bertz CT molecular complexity index is 280. The van der Waals surface area contributed by atoms with Crippen molar-refractivity contribution < 1.29 is 19.1 Å². The highest BCUT2D eigenvalue weighted by atomic mass is 16.6. The number of ether oxygens (including phenoxy) is 2. The summed E-state index contributed by atoms with van der Waals surface area (Å²) in [7, 11) is 0. The van der Waals surface area contributed by atoms with Crippen LogP contribution in [0.15, 0.2) is 0 Å². The fraction of sp³-hybridized carbons (Fsp3) is 0.857. The van der Waals surface area contributed by atoms with Gasteiger partial charge in [0.15, 0.2) is 0 Å². The summed E-state index contributed by atoms with van der Waals surface area (Å²) in [4.78, 5) is 23.9. The van der Waals surface area contributed by atoms with E-state index in [0.29, 0.717) is 26.3 Å². The summed E-state index contributed by atoms with van der Waals surface area (Å²) in [6.07, 6.45) is 4.45. The minimum Gasteiger partial charge on any atom is -0.448 e. The molecule has 0 atom stereocenters. The van der Waals surface area contributed by atoms with Gasteiger partial charge in [-0.1, -0.05) is 26.7 Å². The van der Waals surface area contributed by atoms with Crippen LogP contribution in [-0.2, 0) is 9.47 Å². The molecule has 1 fully saturated rings. The predicted octanol–water partition coefficient (Wildman–Crippen LogP) is 3.17. The van der Waals surface area contributed by atoms with E-state index in [2.05, 4.69) is 0 Å². The van der Waals surface area contributed by atoms with E-state index in [0.717, 1.165) is 38.5 Å². The van der Waals surface area contributed by atoms with E-state index in [1.807, 2.05) is 13.8 Å². The van der Waals surface area contributed by atoms with E-state index in [4.69, 9.17) is 9.47 Å². The first-order valence-electron chi connectivity index (χ1n) is 7.59. The van der Waals surface area contributed by atoms with Gasteiger partial charge in [-0.3, -0.25) is 0 Å². The van der Waals surface area contributed by atoms with Crippen LogP contribution in [0.4, 0.5) is 9.59 Å². The topological polar surface area (TPSA) is 59.1 Å². The molecule has 0 radical (unpaired) electrons. The monoisotopic (exact) mass is 286 g/mol. The smallest absolute Gasteiger partial charge is 0.428 e. The Morgan fingerprint density at radius 1 is 0.850 bits per heavy atom. The summed E-state index contributed by atoms with van der Waals surface area (Å²) in [5.41, 5.74) is 0. The van der Waals surface area contributed by atoms with Gasteiger partial charge in [-0.05, 0) is 25.7 Å². The van der Waals surface area contributed by atoms with Crippen LogP contribution in [0, 0.1) is 0 Å². The molecule has 0 saturated carbocycles. The third-order valence-corrected chi connectivity index (χ3v) is 3.15. The van der Waals surface area contributed by atoms with E-state index < -0.39 is 12.2 Å².